The lowest BCUT2D eigenvalue weighted by Gasteiger charge is -2.11. The van der Waals surface area contributed by atoms with E-state index < -0.39 is 0 Å². The Morgan fingerprint density at radius 2 is 2.00 bits per heavy atom. The highest BCUT2D eigenvalue weighted by atomic mass is 32.1. The van der Waals surface area contributed by atoms with Crippen molar-refractivity contribution >= 4 is 17.0 Å². The fraction of sp³-hybridized carbons (Fsp3) is 0.0909. The molecule has 5 nitrogen and oxygen atoms in total. The van der Waals surface area contributed by atoms with Crippen LogP contribution in [0.3, 0.4) is 0 Å². The molecule has 4 aromatic rings. The van der Waals surface area contributed by atoms with E-state index in [2.05, 4.69) is 20.2 Å². The molecule has 0 radical (unpaired) electrons. The number of nitrogens with zero attached hydrogens (tertiary/aromatic N) is 2. The van der Waals surface area contributed by atoms with Crippen LogP contribution in [-0.2, 0) is 6.61 Å². The van der Waals surface area contributed by atoms with Gasteiger partial charge in [0.2, 0.25) is 0 Å². The molecule has 0 atom stereocenters. The topological polar surface area (TPSA) is 51.5 Å². The lowest BCUT2D eigenvalue weighted by molar-refractivity contribution is 0.304. The second-order valence-electron chi connectivity index (χ2n) is 6.09. The van der Waals surface area contributed by atoms with Crippen LogP contribution in [0.1, 0.15) is 5.56 Å². The van der Waals surface area contributed by atoms with Gasteiger partial charge in [0.1, 0.15) is 23.9 Å². The first-order chi connectivity index (χ1) is 13.8. The normalized spacial score (nSPS) is 10.4. The van der Waals surface area contributed by atoms with E-state index in [1.54, 1.807) is 30.6 Å². The Hall–Kier alpha value is -3.56. The molecule has 0 aliphatic carbocycles. The molecule has 1 N–H and O–H groups in total. The average Bonchev–Trinajstić information content (AvgIpc) is 3.44. The molecule has 4 rings (SSSR count). The number of hydrogen-bond donors (Lipinski definition) is 1. The number of aromatic nitrogens is 2. The van der Waals surface area contributed by atoms with Gasteiger partial charge in [0, 0.05) is 22.6 Å². The van der Waals surface area contributed by atoms with E-state index in [1.807, 2.05) is 48.0 Å². The van der Waals surface area contributed by atoms with E-state index in [1.165, 1.54) is 0 Å². The van der Waals surface area contributed by atoms with Gasteiger partial charge in [-0.05, 0) is 29.1 Å². The van der Waals surface area contributed by atoms with Gasteiger partial charge in [-0.3, -0.25) is 0 Å². The molecule has 0 amide bonds. The van der Waals surface area contributed by atoms with Gasteiger partial charge in [0.15, 0.2) is 5.69 Å². The second-order valence-corrected chi connectivity index (χ2v) is 6.87. The van der Waals surface area contributed by atoms with Crippen LogP contribution in [-0.4, -0.2) is 17.1 Å². The van der Waals surface area contributed by atoms with E-state index in [-0.39, 0.29) is 0 Å². The van der Waals surface area contributed by atoms with Crippen LogP contribution in [0.5, 0.6) is 11.5 Å². The van der Waals surface area contributed by atoms with Crippen molar-refractivity contribution in [3.05, 3.63) is 82.5 Å². The fourth-order valence-corrected chi connectivity index (χ4v) is 3.46. The molecule has 2 aromatic carbocycles. The zero-order valence-electron chi connectivity index (χ0n) is 15.2. The van der Waals surface area contributed by atoms with Crippen molar-refractivity contribution in [3.8, 4) is 34.1 Å². The molecule has 0 fully saturated rings. The van der Waals surface area contributed by atoms with Gasteiger partial charge in [-0.25, -0.2) is 9.83 Å². The highest BCUT2D eigenvalue weighted by Gasteiger charge is 2.12. The Morgan fingerprint density at radius 1 is 1.14 bits per heavy atom. The van der Waals surface area contributed by atoms with Crippen LogP contribution in [0.15, 0.2) is 65.5 Å². The van der Waals surface area contributed by atoms with E-state index in [4.69, 9.17) is 16.0 Å². The number of benzene rings is 2. The number of methoxy groups -OCH3 is 1. The summed E-state index contributed by atoms with van der Waals surface area (Å²) in [6.07, 6.45) is 1.81. The van der Waals surface area contributed by atoms with Crippen LogP contribution in [0.25, 0.3) is 27.5 Å². The lowest BCUT2D eigenvalue weighted by atomic mass is 10.1. The Balaban J connectivity index is 1.52. The SMILES string of the molecule is [C-]#[N+]c1ccc(COc2ccc(-c3cnc(-c4ccsc4)[nH]3)c(OC)c2)cc1. The minimum Gasteiger partial charge on any atom is -0.496 e. The number of aromatic amines is 1. The molecule has 0 saturated heterocycles. The molecule has 0 aliphatic rings. The van der Waals surface area contributed by atoms with E-state index in [9.17, 15) is 0 Å². The van der Waals surface area contributed by atoms with Crippen molar-refractivity contribution in [1.82, 2.24) is 9.97 Å². The molecule has 0 unspecified atom stereocenters. The van der Waals surface area contributed by atoms with E-state index in [0.717, 1.165) is 28.2 Å². The van der Waals surface area contributed by atoms with Crippen molar-refractivity contribution in [2.45, 2.75) is 6.61 Å². The van der Waals surface area contributed by atoms with E-state index in [0.29, 0.717) is 23.8 Å². The summed E-state index contributed by atoms with van der Waals surface area (Å²) in [6, 6.07) is 15.2. The van der Waals surface area contributed by atoms with Gasteiger partial charge in [-0.1, -0.05) is 24.3 Å². The molecule has 138 valence electrons. The number of H-pyrrole nitrogens is 1. The van der Waals surface area contributed by atoms with Crippen molar-refractivity contribution in [2.75, 3.05) is 7.11 Å². The maximum atomic E-state index is 7.00. The molecule has 0 bridgehead atoms. The van der Waals surface area contributed by atoms with Crippen LogP contribution < -0.4 is 9.47 Å². The molecule has 0 saturated carbocycles. The number of rotatable bonds is 6. The number of nitrogens with one attached hydrogen (secondary N) is 1. The maximum absolute atomic E-state index is 7.00. The summed E-state index contributed by atoms with van der Waals surface area (Å²) in [4.78, 5) is 11.2. The number of imidazole rings is 1. The van der Waals surface area contributed by atoms with Gasteiger partial charge in [0.05, 0.1) is 25.6 Å². The Morgan fingerprint density at radius 3 is 2.71 bits per heavy atom. The van der Waals surface area contributed by atoms with Gasteiger partial charge < -0.3 is 14.5 Å². The number of ether oxygens (including phenoxy) is 2. The summed E-state index contributed by atoms with van der Waals surface area (Å²) < 4.78 is 11.4. The third-order valence-corrected chi connectivity index (χ3v) is 4.99. The average molecular weight is 387 g/mol. The van der Waals surface area contributed by atoms with Crippen molar-refractivity contribution in [3.63, 3.8) is 0 Å². The van der Waals surface area contributed by atoms with Crippen molar-refractivity contribution < 1.29 is 9.47 Å². The van der Waals surface area contributed by atoms with Gasteiger partial charge in [0.25, 0.3) is 0 Å². The predicted molar refractivity (Wildman–Crippen MR) is 111 cm³/mol. The predicted octanol–water partition coefficient (Wildman–Crippen LogP) is 5.94. The molecule has 6 heteroatoms. The minimum atomic E-state index is 0.424. The first-order valence-corrected chi connectivity index (χ1v) is 9.56. The summed E-state index contributed by atoms with van der Waals surface area (Å²) in [5.41, 5.74) is 4.50. The Kier molecular flexibility index (Phi) is 5.09. The Labute approximate surface area is 167 Å². The first kappa shape index (κ1) is 17.8. The quantitative estimate of drug-likeness (QED) is 0.416. The third kappa shape index (κ3) is 3.75. The monoisotopic (exact) mass is 387 g/mol. The van der Waals surface area contributed by atoms with Gasteiger partial charge in [-0.15, -0.1) is 0 Å². The van der Waals surface area contributed by atoms with Crippen LogP contribution in [0.4, 0.5) is 5.69 Å². The summed E-state index contributed by atoms with van der Waals surface area (Å²) >= 11 is 1.64. The highest BCUT2D eigenvalue weighted by molar-refractivity contribution is 7.08. The molecule has 0 aliphatic heterocycles. The van der Waals surface area contributed by atoms with Gasteiger partial charge >= 0.3 is 0 Å². The second kappa shape index (κ2) is 7.99. The standard InChI is InChI=1S/C22H17N3O2S/c1-23-17-5-3-15(4-6-17)13-27-18-7-8-19(21(11-18)26-2)20-12-24-22(25-20)16-9-10-28-14-16/h3-12,14H,13H2,2H3,(H,24,25). The summed E-state index contributed by atoms with van der Waals surface area (Å²) in [7, 11) is 1.64. The lowest BCUT2D eigenvalue weighted by Crippen LogP contribution is -1.96. The van der Waals surface area contributed by atoms with Gasteiger partial charge in [-0.2, -0.15) is 11.3 Å². The summed E-state index contributed by atoms with van der Waals surface area (Å²) in [5.74, 6) is 2.26. The highest BCUT2D eigenvalue weighted by Crippen LogP contribution is 2.34. The minimum absolute atomic E-state index is 0.424. The van der Waals surface area contributed by atoms with Crippen LogP contribution in [0, 0.1) is 6.57 Å². The molecule has 2 heterocycles. The van der Waals surface area contributed by atoms with Crippen LogP contribution in [0.2, 0.25) is 0 Å². The number of hydrogen-bond acceptors (Lipinski definition) is 4. The first-order valence-electron chi connectivity index (χ1n) is 8.62. The van der Waals surface area contributed by atoms with Crippen LogP contribution >= 0.6 is 11.3 Å². The summed E-state index contributed by atoms with van der Waals surface area (Å²) in [6.45, 7) is 7.43. The maximum Gasteiger partial charge on any atom is 0.187 e. The zero-order valence-corrected chi connectivity index (χ0v) is 16.0. The fourth-order valence-electron chi connectivity index (χ4n) is 2.82. The third-order valence-electron chi connectivity index (χ3n) is 4.30. The Bertz CT molecular complexity index is 1110. The smallest absolute Gasteiger partial charge is 0.187 e. The molecule has 28 heavy (non-hydrogen) atoms. The van der Waals surface area contributed by atoms with Crippen molar-refractivity contribution in [1.29, 1.82) is 0 Å². The van der Waals surface area contributed by atoms with E-state index >= 15 is 0 Å². The molecular formula is C22H17N3O2S. The zero-order chi connectivity index (χ0) is 19.3. The number of thiophene rings is 1. The largest absolute Gasteiger partial charge is 0.496 e. The molecule has 0 spiro atoms. The summed E-state index contributed by atoms with van der Waals surface area (Å²) in [5, 5.41) is 4.08. The van der Waals surface area contributed by atoms with Crippen molar-refractivity contribution in [2.24, 2.45) is 0 Å². The molecule has 2 aromatic heterocycles. The molecular weight excluding hydrogens is 370 g/mol.